The van der Waals surface area contributed by atoms with Gasteiger partial charge in [-0.1, -0.05) is 42.1 Å². The molecule has 2 aliphatic heterocycles. The quantitative estimate of drug-likeness (QED) is 0.606. The minimum Gasteiger partial charge on any atom is -0.466 e. The van der Waals surface area contributed by atoms with E-state index in [1.807, 2.05) is 18.2 Å². The topological polar surface area (TPSA) is 63.7 Å². The Morgan fingerprint density at radius 3 is 2.75 bits per heavy atom. The van der Waals surface area contributed by atoms with Gasteiger partial charge in [-0.25, -0.2) is 0 Å². The van der Waals surface area contributed by atoms with Gasteiger partial charge in [0.15, 0.2) is 5.78 Å². The lowest BCUT2D eigenvalue weighted by Gasteiger charge is -2.25. The predicted molar refractivity (Wildman–Crippen MR) is 91.4 cm³/mol. The number of nitrogens with zero attached hydrogens (tertiary/aromatic N) is 1. The molecule has 6 heteroatoms. The SMILES string of the molecule is CCOC(=O)CC1SC2=C(C(=O)c3ccccc3)CCCN2C1=O. The number of allylic oxidation sites excluding steroid dienone is 1. The van der Waals surface area contributed by atoms with E-state index >= 15 is 0 Å². The second kappa shape index (κ2) is 7.21. The molecule has 2 aliphatic rings. The summed E-state index contributed by atoms with van der Waals surface area (Å²) < 4.78 is 4.94. The molecule has 1 unspecified atom stereocenters. The molecule has 126 valence electrons. The molecule has 0 aliphatic carbocycles. The van der Waals surface area contributed by atoms with Crippen LogP contribution in [-0.4, -0.2) is 41.0 Å². The van der Waals surface area contributed by atoms with Crippen molar-refractivity contribution < 1.29 is 19.1 Å². The van der Waals surface area contributed by atoms with Crippen molar-refractivity contribution in [2.45, 2.75) is 31.4 Å². The van der Waals surface area contributed by atoms with Crippen LogP contribution < -0.4 is 0 Å². The summed E-state index contributed by atoms with van der Waals surface area (Å²) in [5, 5.41) is 0.227. The van der Waals surface area contributed by atoms with Crippen LogP contribution >= 0.6 is 11.8 Å². The molecule has 0 radical (unpaired) electrons. The van der Waals surface area contributed by atoms with Crippen molar-refractivity contribution in [1.82, 2.24) is 4.90 Å². The van der Waals surface area contributed by atoms with Crippen molar-refractivity contribution >= 4 is 29.4 Å². The maximum Gasteiger partial charge on any atom is 0.307 e. The molecule has 0 N–H and O–H groups in total. The predicted octanol–water partition coefficient (Wildman–Crippen LogP) is 2.77. The van der Waals surface area contributed by atoms with Gasteiger partial charge in [0.2, 0.25) is 5.91 Å². The van der Waals surface area contributed by atoms with Crippen LogP contribution in [0.15, 0.2) is 40.9 Å². The van der Waals surface area contributed by atoms with Crippen LogP contribution in [0.1, 0.15) is 36.5 Å². The van der Waals surface area contributed by atoms with E-state index in [-0.39, 0.29) is 24.1 Å². The Balaban J connectivity index is 1.85. The average Bonchev–Trinajstić information content (AvgIpc) is 2.91. The minimum absolute atomic E-state index is 0.0348. The van der Waals surface area contributed by atoms with Crippen LogP contribution in [0.4, 0.5) is 0 Å². The van der Waals surface area contributed by atoms with E-state index in [4.69, 9.17) is 4.74 Å². The monoisotopic (exact) mass is 345 g/mol. The fourth-order valence-corrected chi connectivity index (χ4v) is 4.33. The maximum atomic E-state index is 12.8. The first-order chi connectivity index (χ1) is 11.6. The van der Waals surface area contributed by atoms with Gasteiger partial charge in [0.25, 0.3) is 0 Å². The maximum absolute atomic E-state index is 12.8. The summed E-state index contributed by atoms with van der Waals surface area (Å²) in [5.41, 5.74) is 1.31. The van der Waals surface area contributed by atoms with E-state index in [1.165, 1.54) is 11.8 Å². The molecule has 0 saturated carbocycles. The Bertz CT molecular complexity index is 698. The fourth-order valence-electron chi connectivity index (χ4n) is 2.96. The van der Waals surface area contributed by atoms with Gasteiger partial charge in [-0.3, -0.25) is 14.4 Å². The number of amides is 1. The molecule has 0 spiro atoms. The highest BCUT2D eigenvalue weighted by Gasteiger charge is 2.42. The van der Waals surface area contributed by atoms with Gasteiger partial charge >= 0.3 is 5.97 Å². The third-order valence-electron chi connectivity index (χ3n) is 4.07. The van der Waals surface area contributed by atoms with E-state index in [0.29, 0.717) is 30.7 Å². The highest BCUT2D eigenvalue weighted by Crippen LogP contribution is 2.43. The average molecular weight is 345 g/mol. The second-order valence-electron chi connectivity index (χ2n) is 5.69. The summed E-state index contributed by atoms with van der Waals surface area (Å²) in [7, 11) is 0. The molecule has 1 amide bonds. The van der Waals surface area contributed by atoms with Gasteiger partial charge in [-0.05, 0) is 19.8 Å². The van der Waals surface area contributed by atoms with Crippen molar-refractivity contribution in [2.24, 2.45) is 0 Å². The minimum atomic E-state index is -0.490. The normalized spacial score (nSPS) is 20.1. The number of hydrogen-bond acceptors (Lipinski definition) is 5. The fraction of sp³-hybridized carbons (Fsp3) is 0.389. The van der Waals surface area contributed by atoms with Crippen LogP contribution in [0, 0.1) is 0 Å². The van der Waals surface area contributed by atoms with Gasteiger partial charge in [0, 0.05) is 17.7 Å². The number of carbonyl (C=O) groups excluding carboxylic acids is 3. The number of fused-ring (bicyclic) bond motifs is 1. The molecule has 0 aromatic heterocycles. The van der Waals surface area contributed by atoms with Gasteiger partial charge in [-0.2, -0.15) is 0 Å². The first-order valence-electron chi connectivity index (χ1n) is 8.08. The van der Waals surface area contributed by atoms with Crippen LogP contribution in [0.5, 0.6) is 0 Å². The summed E-state index contributed by atoms with van der Waals surface area (Å²) >= 11 is 1.32. The zero-order valence-electron chi connectivity index (χ0n) is 13.5. The van der Waals surface area contributed by atoms with Crippen LogP contribution in [0.3, 0.4) is 0 Å². The number of ether oxygens (including phenoxy) is 1. The number of benzene rings is 1. The van der Waals surface area contributed by atoms with Crippen molar-refractivity contribution in [2.75, 3.05) is 13.2 Å². The Kier molecular flexibility index (Phi) is 5.04. The van der Waals surface area contributed by atoms with E-state index < -0.39 is 5.25 Å². The molecule has 3 rings (SSSR count). The summed E-state index contributed by atoms with van der Waals surface area (Å²) in [6, 6.07) is 9.09. The summed E-state index contributed by atoms with van der Waals surface area (Å²) in [6.07, 6.45) is 1.46. The van der Waals surface area contributed by atoms with Crippen LogP contribution in [-0.2, 0) is 14.3 Å². The van der Waals surface area contributed by atoms with Crippen LogP contribution in [0.2, 0.25) is 0 Å². The Morgan fingerprint density at radius 2 is 2.04 bits per heavy atom. The molecule has 1 fully saturated rings. The number of Topliss-reactive ketones (excluding diaryl/α,β-unsaturated/α-hetero) is 1. The third-order valence-corrected chi connectivity index (χ3v) is 5.42. The van der Waals surface area contributed by atoms with Gasteiger partial charge in [0.05, 0.1) is 18.1 Å². The van der Waals surface area contributed by atoms with Gasteiger partial charge in [-0.15, -0.1) is 0 Å². The van der Waals surface area contributed by atoms with E-state index in [2.05, 4.69) is 0 Å². The van der Waals surface area contributed by atoms with E-state index in [0.717, 1.165) is 11.4 Å². The summed E-state index contributed by atoms with van der Waals surface area (Å²) in [6.45, 7) is 2.64. The molecule has 24 heavy (non-hydrogen) atoms. The largest absolute Gasteiger partial charge is 0.466 e. The molecular weight excluding hydrogens is 326 g/mol. The third kappa shape index (κ3) is 3.24. The molecule has 2 heterocycles. The number of thioether (sulfide) groups is 1. The zero-order valence-corrected chi connectivity index (χ0v) is 14.3. The lowest BCUT2D eigenvalue weighted by atomic mass is 9.97. The molecule has 1 atom stereocenters. The zero-order chi connectivity index (χ0) is 17.1. The van der Waals surface area contributed by atoms with Crippen molar-refractivity contribution in [1.29, 1.82) is 0 Å². The van der Waals surface area contributed by atoms with Gasteiger partial charge in [0.1, 0.15) is 5.25 Å². The smallest absolute Gasteiger partial charge is 0.307 e. The lowest BCUT2D eigenvalue weighted by molar-refractivity contribution is -0.144. The van der Waals surface area contributed by atoms with Crippen molar-refractivity contribution in [3.05, 3.63) is 46.5 Å². The number of esters is 1. The molecule has 1 saturated heterocycles. The number of carbonyl (C=O) groups is 3. The molecule has 5 nitrogen and oxygen atoms in total. The number of hydrogen-bond donors (Lipinski definition) is 0. The number of ketones is 1. The van der Waals surface area contributed by atoms with Gasteiger partial charge < -0.3 is 9.64 Å². The Morgan fingerprint density at radius 1 is 1.29 bits per heavy atom. The standard InChI is InChI=1S/C18H19NO4S/c1-2-23-15(20)11-14-17(22)19-10-6-9-13(18(19)24-14)16(21)12-7-4-3-5-8-12/h3-5,7-8,14H,2,6,9-11H2,1H3. The van der Waals surface area contributed by atoms with E-state index in [9.17, 15) is 14.4 Å². The summed E-state index contributed by atoms with van der Waals surface area (Å²) in [4.78, 5) is 38.7. The Labute approximate surface area is 145 Å². The highest BCUT2D eigenvalue weighted by molar-refractivity contribution is 8.04. The second-order valence-corrected chi connectivity index (χ2v) is 6.88. The number of rotatable bonds is 5. The highest BCUT2D eigenvalue weighted by atomic mass is 32.2. The Hall–Kier alpha value is -2.08. The van der Waals surface area contributed by atoms with E-state index in [1.54, 1.807) is 24.0 Å². The molecule has 1 aromatic carbocycles. The van der Waals surface area contributed by atoms with Crippen molar-refractivity contribution in [3.63, 3.8) is 0 Å². The summed E-state index contributed by atoms with van der Waals surface area (Å²) in [5.74, 6) is -0.506. The van der Waals surface area contributed by atoms with Crippen molar-refractivity contribution in [3.8, 4) is 0 Å². The lowest BCUT2D eigenvalue weighted by Crippen LogP contribution is -2.33. The first-order valence-corrected chi connectivity index (χ1v) is 8.96. The molecule has 0 bridgehead atoms. The molecular formula is C18H19NO4S. The van der Waals surface area contributed by atoms with Crippen LogP contribution in [0.25, 0.3) is 0 Å². The first kappa shape index (κ1) is 16.8. The molecule has 1 aromatic rings.